The standard InChI is InChI=1S/C18H30N2O/c1-5-20-12-8-9-16(13-20)15(4)19-17-10-6-7-11-18(17)21-14(2)3/h6-7,10-11,14-16,19H,5,8-9,12-13H2,1-4H3. The van der Waals surface area contributed by atoms with Gasteiger partial charge < -0.3 is 15.0 Å². The van der Waals surface area contributed by atoms with Crippen molar-refractivity contribution in [1.29, 1.82) is 0 Å². The molecule has 21 heavy (non-hydrogen) atoms. The lowest BCUT2D eigenvalue weighted by Gasteiger charge is -2.36. The number of likely N-dealkylation sites (tertiary alicyclic amines) is 1. The smallest absolute Gasteiger partial charge is 0.142 e. The first kappa shape index (κ1) is 16.2. The van der Waals surface area contributed by atoms with Gasteiger partial charge in [-0.3, -0.25) is 0 Å². The molecule has 2 unspecified atom stereocenters. The van der Waals surface area contributed by atoms with Gasteiger partial charge in [0.25, 0.3) is 0 Å². The van der Waals surface area contributed by atoms with Gasteiger partial charge in [-0.2, -0.15) is 0 Å². The van der Waals surface area contributed by atoms with Crippen molar-refractivity contribution in [3.8, 4) is 5.75 Å². The summed E-state index contributed by atoms with van der Waals surface area (Å²) < 4.78 is 5.90. The van der Waals surface area contributed by atoms with Gasteiger partial charge in [0, 0.05) is 12.6 Å². The second kappa shape index (κ2) is 7.69. The van der Waals surface area contributed by atoms with Gasteiger partial charge in [0.15, 0.2) is 0 Å². The van der Waals surface area contributed by atoms with Gasteiger partial charge in [0.1, 0.15) is 5.75 Å². The molecule has 1 aliphatic rings. The summed E-state index contributed by atoms with van der Waals surface area (Å²) in [5.41, 5.74) is 1.12. The summed E-state index contributed by atoms with van der Waals surface area (Å²) in [4.78, 5) is 2.56. The zero-order chi connectivity index (χ0) is 15.2. The van der Waals surface area contributed by atoms with E-state index < -0.39 is 0 Å². The molecule has 1 saturated heterocycles. The highest BCUT2D eigenvalue weighted by molar-refractivity contribution is 5.56. The zero-order valence-corrected chi connectivity index (χ0v) is 13.9. The number of hydrogen-bond acceptors (Lipinski definition) is 3. The highest BCUT2D eigenvalue weighted by Crippen LogP contribution is 2.28. The van der Waals surface area contributed by atoms with E-state index in [4.69, 9.17) is 4.74 Å². The average Bonchev–Trinajstić information content (AvgIpc) is 2.48. The number of nitrogens with zero attached hydrogens (tertiary/aromatic N) is 1. The minimum absolute atomic E-state index is 0.202. The molecule has 1 N–H and O–H groups in total. The molecule has 1 fully saturated rings. The lowest BCUT2D eigenvalue weighted by Crippen LogP contribution is -2.41. The van der Waals surface area contributed by atoms with E-state index in [2.05, 4.69) is 50.0 Å². The molecule has 3 heteroatoms. The molecule has 1 aromatic rings. The van der Waals surface area contributed by atoms with Gasteiger partial charge in [-0.1, -0.05) is 19.1 Å². The van der Waals surface area contributed by atoms with Crippen LogP contribution in [0.25, 0.3) is 0 Å². The Morgan fingerprint density at radius 3 is 2.76 bits per heavy atom. The third-order valence-corrected chi connectivity index (χ3v) is 4.33. The van der Waals surface area contributed by atoms with Crippen LogP contribution in [0.1, 0.15) is 40.5 Å². The summed E-state index contributed by atoms with van der Waals surface area (Å²) in [6.07, 6.45) is 2.83. The second-order valence-electron chi connectivity index (χ2n) is 6.39. The summed E-state index contributed by atoms with van der Waals surface area (Å²) in [7, 11) is 0. The maximum absolute atomic E-state index is 5.90. The largest absolute Gasteiger partial charge is 0.489 e. The highest BCUT2D eigenvalue weighted by atomic mass is 16.5. The maximum Gasteiger partial charge on any atom is 0.142 e. The number of hydrogen-bond donors (Lipinski definition) is 1. The summed E-state index contributed by atoms with van der Waals surface area (Å²) in [6.45, 7) is 12.3. The summed E-state index contributed by atoms with van der Waals surface area (Å²) >= 11 is 0. The minimum Gasteiger partial charge on any atom is -0.489 e. The molecule has 0 bridgehead atoms. The van der Waals surface area contributed by atoms with Crippen LogP contribution in [0.4, 0.5) is 5.69 Å². The van der Waals surface area contributed by atoms with Crippen LogP contribution in [0.5, 0.6) is 5.75 Å². The Kier molecular flexibility index (Phi) is 5.92. The molecular weight excluding hydrogens is 260 g/mol. The van der Waals surface area contributed by atoms with Crippen molar-refractivity contribution in [2.24, 2.45) is 5.92 Å². The number of rotatable bonds is 6. The Morgan fingerprint density at radius 2 is 2.05 bits per heavy atom. The van der Waals surface area contributed by atoms with Crippen molar-refractivity contribution in [2.75, 3.05) is 25.0 Å². The fourth-order valence-corrected chi connectivity index (χ4v) is 3.09. The van der Waals surface area contributed by atoms with E-state index in [1.165, 1.54) is 25.9 Å². The number of para-hydroxylation sites is 2. The molecule has 3 nitrogen and oxygen atoms in total. The minimum atomic E-state index is 0.202. The lowest BCUT2D eigenvalue weighted by atomic mass is 9.91. The van der Waals surface area contributed by atoms with Gasteiger partial charge in [-0.05, 0) is 64.8 Å². The number of anilines is 1. The van der Waals surface area contributed by atoms with E-state index in [0.29, 0.717) is 12.0 Å². The second-order valence-corrected chi connectivity index (χ2v) is 6.39. The normalized spacial score (nSPS) is 21.3. The van der Waals surface area contributed by atoms with Crippen LogP contribution in [0, 0.1) is 5.92 Å². The molecule has 0 saturated carbocycles. The average molecular weight is 290 g/mol. The number of benzene rings is 1. The predicted octanol–water partition coefficient (Wildman–Crippen LogP) is 4.01. The van der Waals surface area contributed by atoms with Crippen molar-refractivity contribution >= 4 is 5.69 Å². The van der Waals surface area contributed by atoms with E-state index in [1.54, 1.807) is 0 Å². The van der Waals surface area contributed by atoms with Crippen LogP contribution in [-0.2, 0) is 0 Å². The van der Waals surface area contributed by atoms with E-state index >= 15 is 0 Å². The van der Waals surface area contributed by atoms with Crippen LogP contribution < -0.4 is 10.1 Å². The molecule has 118 valence electrons. The lowest BCUT2D eigenvalue weighted by molar-refractivity contribution is 0.172. The molecule has 1 aromatic carbocycles. The van der Waals surface area contributed by atoms with Crippen LogP contribution >= 0.6 is 0 Å². The Balaban J connectivity index is 2.00. The zero-order valence-electron chi connectivity index (χ0n) is 13.9. The van der Waals surface area contributed by atoms with Gasteiger partial charge in [-0.15, -0.1) is 0 Å². The Bertz CT molecular complexity index is 433. The quantitative estimate of drug-likeness (QED) is 0.857. The molecule has 1 heterocycles. The van der Waals surface area contributed by atoms with Gasteiger partial charge in [0.2, 0.25) is 0 Å². The van der Waals surface area contributed by atoms with E-state index in [0.717, 1.165) is 18.0 Å². The first-order valence-electron chi connectivity index (χ1n) is 8.34. The topological polar surface area (TPSA) is 24.5 Å². The number of nitrogens with one attached hydrogen (secondary N) is 1. The molecule has 0 radical (unpaired) electrons. The molecule has 0 aromatic heterocycles. The van der Waals surface area contributed by atoms with Crippen LogP contribution in [0.15, 0.2) is 24.3 Å². The van der Waals surface area contributed by atoms with E-state index in [9.17, 15) is 0 Å². The number of piperidine rings is 1. The Labute approximate surface area is 129 Å². The van der Waals surface area contributed by atoms with Gasteiger partial charge >= 0.3 is 0 Å². The summed E-state index contributed by atoms with van der Waals surface area (Å²) in [6, 6.07) is 8.74. The van der Waals surface area contributed by atoms with Crippen molar-refractivity contribution in [1.82, 2.24) is 4.90 Å². The van der Waals surface area contributed by atoms with Crippen molar-refractivity contribution in [3.05, 3.63) is 24.3 Å². The van der Waals surface area contributed by atoms with Gasteiger partial charge in [0.05, 0.1) is 11.8 Å². The molecule has 0 aliphatic carbocycles. The summed E-state index contributed by atoms with van der Waals surface area (Å²) in [5, 5.41) is 3.68. The molecule has 2 rings (SSSR count). The monoisotopic (exact) mass is 290 g/mol. The molecule has 2 atom stereocenters. The summed E-state index contributed by atoms with van der Waals surface area (Å²) in [5.74, 6) is 1.67. The Morgan fingerprint density at radius 1 is 1.29 bits per heavy atom. The first-order chi connectivity index (χ1) is 10.1. The van der Waals surface area contributed by atoms with Crippen LogP contribution in [0.2, 0.25) is 0 Å². The SMILES string of the molecule is CCN1CCCC(C(C)Nc2ccccc2OC(C)C)C1. The van der Waals surface area contributed by atoms with Crippen LogP contribution in [-0.4, -0.2) is 36.7 Å². The van der Waals surface area contributed by atoms with E-state index in [1.807, 2.05) is 12.1 Å². The van der Waals surface area contributed by atoms with Gasteiger partial charge in [-0.25, -0.2) is 0 Å². The van der Waals surface area contributed by atoms with Crippen LogP contribution in [0.3, 0.4) is 0 Å². The third kappa shape index (κ3) is 4.63. The molecule has 0 amide bonds. The highest BCUT2D eigenvalue weighted by Gasteiger charge is 2.24. The van der Waals surface area contributed by atoms with Crippen molar-refractivity contribution in [2.45, 2.75) is 52.7 Å². The number of ether oxygens (including phenoxy) is 1. The molecule has 1 aliphatic heterocycles. The molecular formula is C18H30N2O. The predicted molar refractivity (Wildman–Crippen MR) is 90.1 cm³/mol. The Hall–Kier alpha value is -1.22. The molecule has 0 spiro atoms. The van der Waals surface area contributed by atoms with Crippen molar-refractivity contribution < 1.29 is 4.74 Å². The van der Waals surface area contributed by atoms with Crippen molar-refractivity contribution in [3.63, 3.8) is 0 Å². The maximum atomic E-state index is 5.90. The third-order valence-electron chi connectivity index (χ3n) is 4.33. The fraction of sp³-hybridized carbons (Fsp3) is 0.667. The first-order valence-corrected chi connectivity index (χ1v) is 8.34. The van der Waals surface area contributed by atoms with E-state index in [-0.39, 0.29) is 6.10 Å². The fourth-order valence-electron chi connectivity index (χ4n) is 3.09.